The number of alkyl halides is 1. The summed E-state index contributed by atoms with van der Waals surface area (Å²) in [5.74, 6) is 0.382. The molecule has 0 spiro atoms. The first kappa shape index (κ1) is 13.4. The van der Waals surface area contributed by atoms with Crippen molar-refractivity contribution in [1.82, 2.24) is 4.90 Å². The summed E-state index contributed by atoms with van der Waals surface area (Å²) in [6.45, 7) is 0.464. The van der Waals surface area contributed by atoms with E-state index in [0.29, 0.717) is 28.2 Å². The highest BCUT2D eigenvalue weighted by Crippen LogP contribution is 2.25. The molecule has 88 valence electrons. The quantitative estimate of drug-likeness (QED) is 0.842. The molecule has 0 saturated heterocycles. The fraction of sp³-hybridized carbons (Fsp3) is 0.300. The number of halogens is 3. The Morgan fingerprint density at radius 1 is 1.44 bits per heavy atom. The second-order valence-corrected chi connectivity index (χ2v) is 4.39. The largest absolute Gasteiger partial charge is 0.326 e. The average Bonchev–Trinajstić information content (AvgIpc) is 2.23. The van der Waals surface area contributed by atoms with Crippen molar-refractivity contribution in [2.75, 3.05) is 24.8 Å². The summed E-state index contributed by atoms with van der Waals surface area (Å²) in [5.41, 5.74) is 0.487. The van der Waals surface area contributed by atoms with E-state index in [1.807, 2.05) is 0 Å². The average molecular weight is 282 g/mol. The molecule has 1 aromatic rings. The Kier molecular flexibility index (Phi) is 5.19. The normalized spacial score (nSPS) is 10.0. The molecule has 0 aliphatic heterocycles. The van der Waals surface area contributed by atoms with E-state index in [2.05, 4.69) is 5.32 Å². The number of carbonyl (C=O) groups is 1. The first-order valence-electron chi connectivity index (χ1n) is 4.57. The van der Waals surface area contributed by atoms with E-state index >= 15 is 0 Å². The van der Waals surface area contributed by atoms with Gasteiger partial charge in [0.15, 0.2) is 0 Å². The molecule has 16 heavy (non-hydrogen) atoms. The van der Waals surface area contributed by atoms with Crippen LogP contribution in [0.3, 0.4) is 0 Å². The zero-order chi connectivity index (χ0) is 12.1. The van der Waals surface area contributed by atoms with Crippen molar-refractivity contribution in [2.45, 2.75) is 0 Å². The smallest absolute Gasteiger partial charge is 0.321 e. The van der Waals surface area contributed by atoms with Crippen molar-refractivity contribution in [3.8, 4) is 0 Å². The fourth-order valence-corrected chi connectivity index (χ4v) is 1.62. The third-order valence-electron chi connectivity index (χ3n) is 1.94. The van der Waals surface area contributed by atoms with Crippen LogP contribution in [0.25, 0.3) is 0 Å². The van der Waals surface area contributed by atoms with E-state index in [0.717, 1.165) is 0 Å². The van der Waals surface area contributed by atoms with Gasteiger partial charge in [-0.15, -0.1) is 11.6 Å². The fourth-order valence-electron chi connectivity index (χ4n) is 1.03. The Bertz CT molecular complexity index is 384. The minimum Gasteiger partial charge on any atom is -0.326 e. The van der Waals surface area contributed by atoms with Crippen LogP contribution in [-0.4, -0.2) is 30.4 Å². The number of carbonyl (C=O) groups excluding carboxylic acids is 1. The van der Waals surface area contributed by atoms with Gasteiger partial charge in [0.1, 0.15) is 0 Å². The van der Waals surface area contributed by atoms with E-state index in [1.54, 1.807) is 25.2 Å². The van der Waals surface area contributed by atoms with Crippen LogP contribution in [0, 0.1) is 0 Å². The van der Waals surface area contributed by atoms with Crippen molar-refractivity contribution >= 4 is 46.5 Å². The molecule has 0 aromatic heterocycles. The predicted molar refractivity (Wildman–Crippen MR) is 68.8 cm³/mol. The molecule has 2 amide bonds. The number of anilines is 1. The Balaban J connectivity index is 2.72. The summed E-state index contributed by atoms with van der Waals surface area (Å²) in [4.78, 5) is 13.1. The van der Waals surface area contributed by atoms with Gasteiger partial charge in [-0.1, -0.05) is 23.2 Å². The molecule has 0 aliphatic carbocycles. The monoisotopic (exact) mass is 280 g/mol. The van der Waals surface area contributed by atoms with Gasteiger partial charge in [0.05, 0.1) is 10.7 Å². The number of nitrogens with zero attached hydrogens (tertiary/aromatic N) is 1. The zero-order valence-electron chi connectivity index (χ0n) is 8.64. The van der Waals surface area contributed by atoms with Crippen LogP contribution >= 0.6 is 34.8 Å². The van der Waals surface area contributed by atoms with Crippen molar-refractivity contribution in [3.63, 3.8) is 0 Å². The number of nitrogens with one attached hydrogen (secondary N) is 1. The third kappa shape index (κ3) is 3.74. The van der Waals surface area contributed by atoms with Gasteiger partial charge in [0.25, 0.3) is 0 Å². The highest BCUT2D eigenvalue weighted by Gasteiger charge is 2.10. The molecule has 6 heteroatoms. The summed E-state index contributed by atoms with van der Waals surface area (Å²) in [6, 6.07) is 4.60. The SMILES string of the molecule is CN(CCCl)C(=O)Nc1cc(Cl)ccc1Cl. The minimum absolute atomic E-state index is 0.273. The first-order chi connectivity index (χ1) is 7.54. The van der Waals surface area contributed by atoms with Gasteiger partial charge in [-0.05, 0) is 18.2 Å². The standard InChI is InChI=1S/C10H11Cl3N2O/c1-15(5-4-11)10(16)14-9-6-7(12)2-3-8(9)13/h2-3,6H,4-5H2,1H3,(H,14,16). The lowest BCUT2D eigenvalue weighted by Gasteiger charge is -2.17. The number of hydrogen-bond acceptors (Lipinski definition) is 1. The van der Waals surface area contributed by atoms with Crippen molar-refractivity contribution in [2.24, 2.45) is 0 Å². The maximum Gasteiger partial charge on any atom is 0.321 e. The third-order valence-corrected chi connectivity index (χ3v) is 2.67. The van der Waals surface area contributed by atoms with Gasteiger partial charge >= 0.3 is 6.03 Å². The van der Waals surface area contributed by atoms with Gasteiger partial charge in [0.2, 0.25) is 0 Å². The second kappa shape index (κ2) is 6.18. The molecule has 1 rings (SSSR count). The topological polar surface area (TPSA) is 32.3 Å². The lowest BCUT2D eigenvalue weighted by atomic mass is 10.3. The highest BCUT2D eigenvalue weighted by molar-refractivity contribution is 6.35. The van der Waals surface area contributed by atoms with Gasteiger partial charge in [-0.25, -0.2) is 4.79 Å². The molecule has 0 radical (unpaired) electrons. The molecule has 0 atom stereocenters. The van der Waals surface area contributed by atoms with Crippen LogP contribution in [-0.2, 0) is 0 Å². The molecule has 3 nitrogen and oxygen atoms in total. The van der Waals surface area contributed by atoms with E-state index in [-0.39, 0.29) is 6.03 Å². The van der Waals surface area contributed by atoms with Crippen LogP contribution in [0.2, 0.25) is 10.0 Å². The molecule has 0 aliphatic rings. The summed E-state index contributed by atoms with van der Waals surface area (Å²) in [6.07, 6.45) is 0. The minimum atomic E-state index is -0.273. The van der Waals surface area contributed by atoms with Crippen molar-refractivity contribution < 1.29 is 4.79 Å². The predicted octanol–water partition coefficient (Wildman–Crippen LogP) is 3.70. The lowest BCUT2D eigenvalue weighted by Crippen LogP contribution is -2.32. The van der Waals surface area contributed by atoms with E-state index in [4.69, 9.17) is 34.8 Å². The molecule has 0 unspecified atom stereocenters. The van der Waals surface area contributed by atoms with Crippen LogP contribution in [0.5, 0.6) is 0 Å². The van der Waals surface area contributed by atoms with E-state index in [9.17, 15) is 4.79 Å². The number of benzene rings is 1. The van der Waals surface area contributed by atoms with Crippen LogP contribution in [0.4, 0.5) is 10.5 Å². The molecule has 0 fully saturated rings. The van der Waals surface area contributed by atoms with Gasteiger partial charge in [-0.3, -0.25) is 0 Å². The van der Waals surface area contributed by atoms with Gasteiger partial charge in [0, 0.05) is 24.5 Å². The zero-order valence-corrected chi connectivity index (χ0v) is 10.9. The Morgan fingerprint density at radius 3 is 2.75 bits per heavy atom. The summed E-state index contributed by atoms with van der Waals surface area (Å²) >= 11 is 17.2. The Labute approximate surface area is 109 Å². The summed E-state index contributed by atoms with van der Waals surface area (Å²) in [5, 5.41) is 3.60. The second-order valence-electron chi connectivity index (χ2n) is 3.16. The van der Waals surface area contributed by atoms with Crippen molar-refractivity contribution in [1.29, 1.82) is 0 Å². The van der Waals surface area contributed by atoms with Crippen molar-refractivity contribution in [3.05, 3.63) is 28.2 Å². The van der Waals surface area contributed by atoms with Crippen LogP contribution < -0.4 is 5.32 Å². The van der Waals surface area contributed by atoms with Gasteiger partial charge < -0.3 is 10.2 Å². The molecule has 0 heterocycles. The van der Waals surface area contributed by atoms with Crippen LogP contribution in [0.1, 0.15) is 0 Å². The molecule has 1 aromatic carbocycles. The maximum atomic E-state index is 11.6. The lowest BCUT2D eigenvalue weighted by molar-refractivity contribution is 0.225. The molecular weight excluding hydrogens is 270 g/mol. The van der Waals surface area contributed by atoms with Crippen LogP contribution in [0.15, 0.2) is 18.2 Å². The van der Waals surface area contributed by atoms with E-state index < -0.39 is 0 Å². The molecule has 0 saturated carbocycles. The highest BCUT2D eigenvalue weighted by atomic mass is 35.5. The number of amides is 2. The van der Waals surface area contributed by atoms with E-state index in [1.165, 1.54) is 4.90 Å². The summed E-state index contributed by atoms with van der Waals surface area (Å²) in [7, 11) is 1.65. The Hall–Kier alpha value is -0.640. The maximum absolute atomic E-state index is 11.6. The molecular formula is C10H11Cl3N2O. The van der Waals surface area contributed by atoms with Gasteiger partial charge in [-0.2, -0.15) is 0 Å². The Morgan fingerprint density at radius 2 is 2.12 bits per heavy atom. The molecule has 1 N–H and O–H groups in total. The number of urea groups is 1. The first-order valence-corrected chi connectivity index (χ1v) is 5.86. The summed E-state index contributed by atoms with van der Waals surface area (Å²) < 4.78 is 0. The number of hydrogen-bond donors (Lipinski definition) is 1. The molecule has 0 bridgehead atoms. The number of rotatable bonds is 3.